The van der Waals surface area contributed by atoms with Crippen LogP contribution in [-0.2, 0) is 6.54 Å². The minimum Gasteiger partial charge on any atom is -0.337 e. The Kier molecular flexibility index (Phi) is 5.40. The number of amides is 1. The van der Waals surface area contributed by atoms with Crippen molar-refractivity contribution >= 4 is 11.6 Å². The largest absolute Gasteiger partial charge is 0.337 e. The molecule has 0 saturated carbocycles. The molecule has 2 aromatic rings. The van der Waals surface area contributed by atoms with E-state index in [9.17, 15) is 14.0 Å². The van der Waals surface area contributed by atoms with Gasteiger partial charge in [-0.1, -0.05) is 0 Å². The molecule has 31 heavy (non-hydrogen) atoms. The third-order valence-electron chi connectivity index (χ3n) is 7.52. The Bertz CT molecular complexity index is 1030. The van der Waals surface area contributed by atoms with Gasteiger partial charge >= 0.3 is 0 Å². The topological polar surface area (TPSA) is 60.0 Å². The molecule has 1 amide bonds. The predicted octanol–water partition coefficient (Wildman–Crippen LogP) is -0.0812. The zero-order valence-corrected chi connectivity index (χ0v) is 18.0. The standard InChI is InChI=1S/C24H29FN4O2/c1-27-10-8-20(9-11-27)28-13-16-12-18(15-28)22-7-6-21(24(31)29(22)14-16)26-23(30)17-2-4-19(25)5-3-17/h2-7,16,18,20H,8-15H2,1H3,(H,26,30)/p+2/t16-,18+/m0/s1. The number of pyridine rings is 1. The van der Waals surface area contributed by atoms with Gasteiger partial charge in [0.25, 0.3) is 11.5 Å². The van der Waals surface area contributed by atoms with E-state index in [2.05, 4.69) is 12.4 Å². The minimum absolute atomic E-state index is 0.131. The van der Waals surface area contributed by atoms with E-state index in [1.54, 1.807) is 15.9 Å². The first-order chi connectivity index (χ1) is 15.0. The number of quaternary nitrogens is 2. The summed E-state index contributed by atoms with van der Waals surface area (Å²) in [4.78, 5) is 29.0. The molecule has 3 atom stereocenters. The molecule has 164 valence electrons. The van der Waals surface area contributed by atoms with Crippen molar-refractivity contribution in [2.45, 2.75) is 37.8 Å². The number of rotatable bonds is 3. The van der Waals surface area contributed by atoms with Crippen LogP contribution in [0.1, 0.15) is 41.2 Å². The van der Waals surface area contributed by atoms with Crippen LogP contribution in [0.4, 0.5) is 10.1 Å². The van der Waals surface area contributed by atoms with Gasteiger partial charge in [0.2, 0.25) is 0 Å². The van der Waals surface area contributed by atoms with E-state index in [1.165, 1.54) is 50.2 Å². The summed E-state index contributed by atoms with van der Waals surface area (Å²) >= 11 is 0. The van der Waals surface area contributed by atoms with Crippen molar-refractivity contribution in [1.82, 2.24) is 4.57 Å². The number of hydrogen-bond acceptors (Lipinski definition) is 2. The average molecular weight is 427 g/mol. The van der Waals surface area contributed by atoms with Gasteiger partial charge in [0.05, 0.1) is 39.3 Å². The van der Waals surface area contributed by atoms with Crippen LogP contribution >= 0.6 is 0 Å². The molecule has 4 heterocycles. The second-order valence-corrected chi connectivity index (χ2v) is 9.65. The van der Waals surface area contributed by atoms with Gasteiger partial charge < -0.3 is 19.7 Å². The second kappa shape index (κ2) is 8.20. The maximum atomic E-state index is 13.2. The van der Waals surface area contributed by atoms with Crippen LogP contribution in [0.15, 0.2) is 41.2 Å². The quantitative estimate of drug-likeness (QED) is 0.643. The first kappa shape index (κ1) is 20.4. The summed E-state index contributed by atoms with van der Waals surface area (Å²) in [5.41, 5.74) is 1.60. The fraction of sp³-hybridized carbons (Fsp3) is 0.500. The highest BCUT2D eigenvalue weighted by atomic mass is 19.1. The first-order valence-electron chi connectivity index (χ1n) is 11.4. The molecule has 0 aliphatic carbocycles. The number of nitrogens with one attached hydrogen (secondary N) is 3. The van der Waals surface area contributed by atoms with Gasteiger partial charge in [-0.05, 0) is 42.8 Å². The maximum absolute atomic E-state index is 13.2. The van der Waals surface area contributed by atoms with Crippen LogP contribution in [0.25, 0.3) is 0 Å². The average Bonchev–Trinajstić information content (AvgIpc) is 2.77. The van der Waals surface area contributed by atoms with Gasteiger partial charge in [-0.25, -0.2) is 4.39 Å². The second-order valence-electron chi connectivity index (χ2n) is 9.65. The van der Waals surface area contributed by atoms with Gasteiger partial charge in [-0.3, -0.25) is 9.59 Å². The highest BCUT2D eigenvalue weighted by molar-refractivity contribution is 6.04. The summed E-state index contributed by atoms with van der Waals surface area (Å²) in [6, 6.07) is 9.85. The van der Waals surface area contributed by atoms with Crippen LogP contribution in [0.5, 0.6) is 0 Å². The van der Waals surface area contributed by atoms with Gasteiger partial charge in [-0.15, -0.1) is 0 Å². The number of carbonyl (C=O) groups is 1. The third kappa shape index (κ3) is 4.04. The van der Waals surface area contributed by atoms with Gasteiger partial charge in [0.1, 0.15) is 11.5 Å². The zero-order chi connectivity index (χ0) is 21.5. The number of halogens is 1. The molecule has 6 nitrogen and oxygen atoms in total. The fourth-order valence-corrected chi connectivity index (χ4v) is 5.84. The van der Waals surface area contributed by atoms with Crippen LogP contribution in [0, 0.1) is 11.7 Å². The van der Waals surface area contributed by atoms with Gasteiger partial charge in [0.15, 0.2) is 0 Å². The molecular formula is C24H31FN4O2+2. The van der Waals surface area contributed by atoms with Gasteiger partial charge in [-0.2, -0.15) is 0 Å². The number of piperidine rings is 2. The Balaban J connectivity index is 1.34. The smallest absolute Gasteiger partial charge is 0.274 e. The molecular weight excluding hydrogens is 395 g/mol. The van der Waals surface area contributed by atoms with Crippen molar-refractivity contribution in [2.24, 2.45) is 5.92 Å². The van der Waals surface area contributed by atoms with Crippen molar-refractivity contribution in [3.05, 3.63) is 63.8 Å². The van der Waals surface area contributed by atoms with Crippen molar-refractivity contribution in [3.63, 3.8) is 0 Å². The van der Waals surface area contributed by atoms with E-state index in [-0.39, 0.29) is 5.56 Å². The van der Waals surface area contributed by atoms with Crippen molar-refractivity contribution in [2.75, 3.05) is 38.5 Å². The van der Waals surface area contributed by atoms with Crippen LogP contribution in [0.3, 0.4) is 0 Å². The number of anilines is 1. The van der Waals surface area contributed by atoms with Crippen LogP contribution < -0.4 is 20.7 Å². The fourth-order valence-electron chi connectivity index (χ4n) is 5.84. The number of likely N-dealkylation sites (tertiary alicyclic amines) is 2. The predicted molar refractivity (Wildman–Crippen MR) is 116 cm³/mol. The molecule has 7 heteroatoms. The lowest BCUT2D eigenvalue weighted by Gasteiger charge is -2.44. The lowest BCUT2D eigenvalue weighted by molar-refractivity contribution is -0.959. The summed E-state index contributed by atoms with van der Waals surface area (Å²) < 4.78 is 15.0. The lowest BCUT2D eigenvalue weighted by atomic mass is 9.82. The highest BCUT2D eigenvalue weighted by Gasteiger charge is 2.41. The molecule has 1 aromatic carbocycles. The molecule has 0 spiro atoms. The van der Waals surface area contributed by atoms with Crippen LogP contribution in [-0.4, -0.2) is 49.7 Å². The van der Waals surface area contributed by atoms with Gasteiger partial charge in [0, 0.05) is 42.5 Å². The number of benzene rings is 1. The van der Waals surface area contributed by atoms with Crippen LogP contribution in [0.2, 0.25) is 0 Å². The number of aromatic nitrogens is 1. The SMILES string of the molecule is C[NH+]1CCC([NH+]2C[C@@H]3C[C@H](C2)c2ccc(NC(=O)c4ccc(F)cc4)c(=O)n2C3)CC1. The van der Waals surface area contributed by atoms with E-state index in [0.717, 1.165) is 37.8 Å². The summed E-state index contributed by atoms with van der Waals surface area (Å²) in [6.45, 7) is 5.48. The summed E-state index contributed by atoms with van der Waals surface area (Å²) in [6.07, 6.45) is 3.74. The Morgan fingerprint density at radius 1 is 1.10 bits per heavy atom. The summed E-state index contributed by atoms with van der Waals surface area (Å²) in [5, 5.41) is 2.72. The minimum atomic E-state index is -0.395. The summed E-state index contributed by atoms with van der Waals surface area (Å²) in [7, 11) is 2.28. The normalized spacial score (nSPS) is 29.8. The number of nitrogens with zero attached hydrogens (tertiary/aromatic N) is 1. The van der Waals surface area contributed by atoms with Crippen molar-refractivity contribution < 1.29 is 19.0 Å². The first-order valence-corrected chi connectivity index (χ1v) is 11.4. The monoisotopic (exact) mass is 426 g/mol. The molecule has 0 radical (unpaired) electrons. The molecule has 3 aliphatic heterocycles. The Morgan fingerprint density at radius 3 is 2.58 bits per heavy atom. The lowest BCUT2D eigenvalue weighted by Crippen LogP contribution is -3.21. The number of carbonyl (C=O) groups excluding carboxylic acids is 1. The molecule has 3 aliphatic rings. The molecule has 1 unspecified atom stereocenters. The molecule has 2 bridgehead atoms. The number of fused-ring (bicyclic) bond motifs is 4. The Hall–Kier alpha value is -2.51. The van der Waals surface area contributed by atoms with E-state index in [0.29, 0.717) is 23.1 Å². The molecule has 2 saturated heterocycles. The highest BCUT2D eigenvalue weighted by Crippen LogP contribution is 2.31. The van der Waals surface area contributed by atoms with Crippen molar-refractivity contribution in [1.29, 1.82) is 0 Å². The zero-order valence-electron chi connectivity index (χ0n) is 18.0. The van der Waals surface area contributed by atoms with E-state index < -0.39 is 11.7 Å². The maximum Gasteiger partial charge on any atom is 0.274 e. The summed E-state index contributed by atoms with van der Waals surface area (Å²) in [5.74, 6) is 0.126. The number of hydrogen-bond donors (Lipinski definition) is 3. The van der Waals surface area contributed by atoms with E-state index in [1.807, 2.05) is 10.6 Å². The molecule has 3 N–H and O–H groups in total. The Labute approximate surface area is 181 Å². The third-order valence-corrected chi connectivity index (χ3v) is 7.52. The van der Waals surface area contributed by atoms with E-state index >= 15 is 0 Å². The van der Waals surface area contributed by atoms with Crippen molar-refractivity contribution in [3.8, 4) is 0 Å². The molecule has 5 rings (SSSR count). The van der Waals surface area contributed by atoms with E-state index in [4.69, 9.17) is 0 Å². The Morgan fingerprint density at radius 2 is 1.84 bits per heavy atom. The molecule has 2 fully saturated rings. The molecule has 1 aromatic heterocycles.